The highest BCUT2D eigenvalue weighted by Crippen LogP contribution is 2.35. The van der Waals surface area contributed by atoms with E-state index in [-0.39, 0.29) is 12.2 Å². The standard InChI is InChI=1S/C22H26N2O4/c1-13-9-14(2)11-17(10-13)21(26)24(22(4,5)6)23-20(25)16-7-8-18-19(12-16)28-15(3)27-18/h7-12,15H,1-6H3,(H,23,25). The van der Waals surface area contributed by atoms with Gasteiger partial charge in [0.2, 0.25) is 6.29 Å². The summed E-state index contributed by atoms with van der Waals surface area (Å²) >= 11 is 0. The molecule has 6 nitrogen and oxygen atoms in total. The molecule has 1 N–H and O–H groups in total. The molecular formula is C22H26N2O4. The summed E-state index contributed by atoms with van der Waals surface area (Å²) in [6.07, 6.45) is -0.384. The average Bonchev–Trinajstić information content (AvgIpc) is 2.96. The van der Waals surface area contributed by atoms with Gasteiger partial charge in [-0.2, -0.15) is 0 Å². The topological polar surface area (TPSA) is 67.9 Å². The molecule has 1 aliphatic rings. The molecule has 2 aromatic rings. The zero-order valence-electron chi connectivity index (χ0n) is 17.1. The van der Waals surface area contributed by atoms with Gasteiger partial charge in [-0.15, -0.1) is 0 Å². The predicted octanol–water partition coefficient (Wildman–Crippen LogP) is 4.01. The van der Waals surface area contributed by atoms with Gasteiger partial charge in [-0.25, -0.2) is 5.01 Å². The van der Waals surface area contributed by atoms with Crippen LogP contribution in [0.2, 0.25) is 0 Å². The third-order valence-corrected chi connectivity index (χ3v) is 4.35. The van der Waals surface area contributed by atoms with E-state index in [1.807, 2.05) is 52.8 Å². The third-order valence-electron chi connectivity index (χ3n) is 4.35. The van der Waals surface area contributed by atoms with E-state index in [9.17, 15) is 9.59 Å². The molecule has 0 saturated carbocycles. The Labute approximate surface area is 165 Å². The summed E-state index contributed by atoms with van der Waals surface area (Å²) in [5, 5.41) is 1.37. The van der Waals surface area contributed by atoms with E-state index in [0.29, 0.717) is 22.6 Å². The van der Waals surface area contributed by atoms with Crippen LogP contribution in [0, 0.1) is 13.8 Å². The number of nitrogens with one attached hydrogen (secondary N) is 1. The molecular weight excluding hydrogens is 356 g/mol. The van der Waals surface area contributed by atoms with Crippen LogP contribution in [0.5, 0.6) is 11.5 Å². The monoisotopic (exact) mass is 382 g/mol. The van der Waals surface area contributed by atoms with Crippen molar-refractivity contribution in [3.8, 4) is 11.5 Å². The quantitative estimate of drug-likeness (QED) is 0.797. The number of amides is 2. The lowest BCUT2D eigenvalue weighted by Crippen LogP contribution is -2.55. The number of nitrogens with zero attached hydrogens (tertiary/aromatic N) is 1. The van der Waals surface area contributed by atoms with E-state index in [0.717, 1.165) is 11.1 Å². The van der Waals surface area contributed by atoms with E-state index in [4.69, 9.17) is 9.47 Å². The maximum Gasteiger partial charge on any atom is 0.272 e. The molecule has 2 aromatic carbocycles. The number of carbonyl (C=O) groups excluding carboxylic acids is 2. The maximum atomic E-state index is 13.2. The van der Waals surface area contributed by atoms with Gasteiger partial charge in [0, 0.05) is 18.1 Å². The largest absolute Gasteiger partial charge is 0.451 e. The second kappa shape index (κ2) is 7.19. The minimum atomic E-state index is -0.616. The summed E-state index contributed by atoms with van der Waals surface area (Å²) in [7, 11) is 0. The fourth-order valence-corrected chi connectivity index (χ4v) is 3.14. The molecule has 0 spiro atoms. The van der Waals surface area contributed by atoms with Crippen molar-refractivity contribution in [2.75, 3.05) is 0 Å². The number of benzene rings is 2. The van der Waals surface area contributed by atoms with Crippen LogP contribution >= 0.6 is 0 Å². The first-order valence-corrected chi connectivity index (χ1v) is 9.26. The Kier molecular flexibility index (Phi) is 5.06. The molecule has 0 fully saturated rings. The zero-order valence-corrected chi connectivity index (χ0v) is 17.1. The fraction of sp³-hybridized carbons (Fsp3) is 0.364. The number of ether oxygens (including phenoxy) is 2. The van der Waals surface area contributed by atoms with Crippen molar-refractivity contribution >= 4 is 11.8 Å². The maximum absolute atomic E-state index is 13.2. The van der Waals surface area contributed by atoms with Crippen LogP contribution < -0.4 is 14.9 Å². The van der Waals surface area contributed by atoms with Gasteiger partial charge in [-0.05, 0) is 65.0 Å². The first-order valence-electron chi connectivity index (χ1n) is 9.26. The zero-order chi connectivity index (χ0) is 20.6. The first kappa shape index (κ1) is 19.7. The van der Waals surface area contributed by atoms with Crippen molar-refractivity contribution in [2.24, 2.45) is 0 Å². The number of aryl methyl sites for hydroxylation is 2. The molecule has 0 bridgehead atoms. The fourth-order valence-electron chi connectivity index (χ4n) is 3.14. The van der Waals surface area contributed by atoms with Crippen LogP contribution in [-0.4, -0.2) is 28.7 Å². The van der Waals surface area contributed by atoms with Crippen molar-refractivity contribution in [2.45, 2.75) is 53.4 Å². The second-order valence-electron chi connectivity index (χ2n) is 8.09. The molecule has 2 amide bonds. The molecule has 0 saturated heterocycles. The van der Waals surface area contributed by atoms with Crippen molar-refractivity contribution in [1.82, 2.24) is 10.4 Å². The van der Waals surface area contributed by atoms with Crippen LogP contribution in [0.1, 0.15) is 59.5 Å². The normalized spacial score (nSPS) is 15.3. The lowest BCUT2D eigenvalue weighted by atomic mass is 10.0. The molecule has 0 aromatic heterocycles. The first-order chi connectivity index (χ1) is 13.0. The van der Waals surface area contributed by atoms with Crippen LogP contribution in [0.25, 0.3) is 0 Å². The van der Waals surface area contributed by atoms with Crippen LogP contribution in [0.3, 0.4) is 0 Å². The van der Waals surface area contributed by atoms with E-state index in [1.54, 1.807) is 25.1 Å². The number of hydrogen-bond acceptors (Lipinski definition) is 4. The van der Waals surface area contributed by atoms with Crippen LogP contribution in [0.4, 0.5) is 0 Å². The molecule has 148 valence electrons. The molecule has 0 aliphatic carbocycles. The van der Waals surface area contributed by atoms with E-state index < -0.39 is 11.4 Å². The van der Waals surface area contributed by atoms with Gasteiger partial charge in [-0.3, -0.25) is 15.0 Å². The van der Waals surface area contributed by atoms with Crippen molar-refractivity contribution < 1.29 is 19.1 Å². The third kappa shape index (κ3) is 4.11. The van der Waals surface area contributed by atoms with Crippen molar-refractivity contribution in [3.63, 3.8) is 0 Å². The lowest BCUT2D eigenvalue weighted by molar-refractivity contribution is 0.0358. The van der Waals surface area contributed by atoms with E-state index in [2.05, 4.69) is 5.43 Å². The summed E-state index contributed by atoms with van der Waals surface area (Å²) in [6, 6.07) is 10.6. The predicted molar refractivity (Wildman–Crippen MR) is 106 cm³/mol. The summed E-state index contributed by atoms with van der Waals surface area (Å²) in [5.74, 6) is 0.465. The summed E-state index contributed by atoms with van der Waals surface area (Å²) in [5.41, 5.74) is 5.06. The smallest absolute Gasteiger partial charge is 0.272 e. The summed E-state index contributed by atoms with van der Waals surface area (Å²) in [4.78, 5) is 26.0. The number of fused-ring (bicyclic) bond motifs is 1. The van der Waals surface area contributed by atoms with Crippen molar-refractivity contribution in [1.29, 1.82) is 0 Å². The Hall–Kier alpha value is -3.02. The lowest BCUT2D eigenvalue weighted by Gasteiger charge is -2.35. The summed E-state index contributed by atoms with van der Waals surface area (Å²) < 4.78 is 11.0. The van der Waals surface area contributed by atoms with Gasteiger partial charge < -0.3 is 9.47 Å². The second-order valence-corrected chi connectivity index (χ2v) is 8.09. The van der Waals surface area contributed by atoms with Crippen LogP contribution in [0.15, 0.2) is 36.4 Å². The summed E-state index contributed by atoms with van der Waals surface area (Å²) in [6.45, 7) is 11.3. The SMILES string of the molecule is Cc1cc(C)cc(C(=O)N(NC(=O)c2ccc3c(c2)OC(C)O3)C(C)(C)C)c1. The van der Waals surface area contributed by atoms with E-state index in [1.165, 1.54) is 5.01 Å². The molecule has 1 heterocycles. The Bertz CT molecular complexity index is 910. The highest BCUT2D eigenvalue weighted by Gasteiger charge is 2.30. The minimum absolute atomic E-state index is 0.262. The number of carbonyl (C=O) groups is 2. The number of hydrazine groups is 1. The Morgan fingerprint density at radius 3 is 2.14 bits per heavy atom. The molecule has 1 unspecified atom stereocenters. The number of rotatable bonds is 2. The molecule has 1 aliphatic heterocycles. The average molecular weight is 382 g/mol. The van der Waals surface area contributed by atoms with Crippen LogP contribution in [-0.2, 0) is 0 Å². The van der Waals surface area contributed by atoms with Gasteiger partial charge in [0.05, 0.1) is 5.54 Å². The number of hydrogen-bond donors (Lipinski definition) is 1. The minimum Gasteiger partial charge on any atom is -0.451 e. The Morgan fingerprint density at radius 2 is 1.54 bits per heavy atom. The van der Waals surface area contributed by atoms with Gasteiger partial charge in [0.25, 0.3) is 11.8 Å². The Morgan fingerprint density at radius 1 is 0.929 bits per heavy atom. The van der Waals surface area contributed by atoms with Gasteiger partial charge >= 0.3 is 0 Å². The van der Waals surface area contributed by atoms with Gasteiger partial charge in [-0.1, -0.05) is 17.2 Å². The Balaban J connectivity index is 1.86. The molecule has 1 atom stereocenters. The highest BCUT2D eigenvalue weighted by molar-refractivity contribution is 6.00. The molecule has 6 heteroatoms. The van der Waals surface area contributed by atoms with E-state index >= 15 is 0 Å². The molecule has 3 rings (SSSR count). The van der Waals surface area contributed by atoms with Gasteiger partial charge in [0.15, 0.2) is 11.5 Å². The molecule has 28 heavy (non-hydrogen) atoms. The molecule has 0 radical (unpaired) electrons. The van der Waals surface area contributed by atoms with Gasteiger partial charge in [0.1, 0.15) is 0 Å². The van der Waals surface area contributed by atoms with Crippen molar-refractivity contribution in [3.05, 3.63) is 58.7 Å². The highest BCUT2D eigenvalue weighted by atomic mass is 16.7.